The molecule has 2 rings (SSSR count). The molecule has 1 atom stereocenters. The minimum absolute atomic E-state index is 0.0461. The molecule has 0 saturated carbocycles. The normalized spacial score (nSPS) is 13.6. The summed E-state index contributed by atoms with van der Waals surface area (Å²) in [4.78, 5) is 0.313. The minimum atomic E-state index is -3.49. The summed E-state index contributed by atoms with van der Waals surface area (Å²) in [6, 6.07) is 12.7. The van der Waals surface area contributed by atoms with E-state index in [1.807, 2.05) is 37.3 Å². The van der Waals surface area contributed by atoms with Crippen LogP contribution in [0.25, 0.3) is 10.8 Å². The van der Waals surface area contributed by atoms with E-state index in [4.69, 9.17) is 11.6 Å². The average molecular weight is 298 g/mol. The molecule has 3 nitrogen and oxygen atoms in total. The lowest BCUT2D eigenvalue weighted by Crippen LogP contribution is -2.26. The van der Waals surface area contributed by atoms with E-state index in [-0.39, 0.29) is 5.38 Å². The lowest BCUT2D eigenvalue weighted by molar-refractivity contribution is 0.579. The molecule has 5 heteroatoms. The van der Waals surface area contributed by atoms with E-state index in [9.17, 15) is 8.42 Å². The summed E-state index contributed by atoms with van der Waals surface area (Å²) < 4.78 is 27.1. The molecule has 102 valence electrons. The van der Waals surface area contributed by atoms with Gasteiger partial charge in [-0.3, -0.25) is 0 Å². The molecule has 1 unspecified atom stereocenters. The third-order valence-electron chi connectivity index (χ3n) is 2.87. The number of alkyl halides is 1. The Bertz CT molecular complexity index is 663. The number of hydrogen-bond acceptors (Lipinski definition) is 2. The van der Waals surface area contributed by atoms with Crippen LogP contribution in [0.2, 0.25) is 0 Å². The van der Waals surface area contributed by atoms with Crippen molar-refractivity contribution in [1.29, 1.82) is 0 Å². The van der Waals surface area contributed by atoms with E-state index in [2.05, 4.69) is 4.72 Å². The quantitative estimate of drug-likeness (QED) is 0.862. The fourth-order valence-corrected chi connectivity index (χ4v) is 3.28. The zero-order valence-electron chi connectivity index (χ0n) is 10.6. The molecule has 0 heterocycles. The van der Waals surface area contributed by atoms with Crippen molar-refractivity contribution in [2.75, 3.05) is 6.54 Å². The molecule has 0 bridgehead atoms. The van der Waals surface area contributed by atoms with E-state index < -0.39 is 10.0 Å². The number of hydrogen-bond donors (Lipinski definition) is 1. The van der Waals surface area contributed by atoms with Crippen molar-refractivity contribution in [2.45, 2.75) is 23.6 Å². The van der Waals surface area contributed by atoms with Gasteiger partial charge in [-0.1, -0.05) is 36.4 Å². The molecule has 0 radical (unpaired) electrons. The molecule has 0 aliphatic rings. The van der Waals surface area contributed by atoms with Crippen LogP contribution in [-0.4, -0.2) is 20.3 Å². The Hall–Kier alpha value is -1.10. The molecule has 0 aliphatic heterocycles. The smallest absolute Gasteiger partial charge is 0.211 e. The van der Waals surface area contributed by atoms with Crippen LogP contribution >= 0.6 is 11.6 Å². The molecular formula is C14H16ClNO2S. The Kier molecular flexibility index (Phi) is 4.45. The Morgan fingerprint density at radius 1 is 1.16 bits per heavy atom. The van der Waals surface area contributed by atoms with Crippen LogP contribution < -0.4 is 4.72 Å². The lowest BCUT2D eigenvalue weighted by atomic mass is 10.1. The first kappa shape index (κ1) is 14.3. The molecule has 0 aromatic heterocycles. The van der Waals surface area contributed by atoms with Gasteiger partial charge >= 0.3 is 0 Å². The highest BCUT2D eigenvalue weighted by Gasteiger charge is 2.16. The highest BCUT2D eigenvalue weighted by Crippen LogP contribution is 2.22. The van der Waals surface area contributed by atoms with E-state index in [1.165, 1.54) is 0 Å². The van der Waals surface area contributed by atoms with Gasteiger partial charge in [0.25, 0.3) is 0 Å². The average Bonchev–Trinajstić information content (AvgIpc) is 2.37. The van der Waals surface area contributed by atoms with Crippen molar-refractivity contribution in [3.05, 3.63) is 42.5 Å². The Balaban J connectivity index is 2.33. The van der Waals surface area contributed by atoms with Gasteiger partial charge < -0.3 is 0 Å². The van der Waals surface area contributed by atoms with Crippen LogP contribution in [0, 0.1) is 0 Å². The number of fused-ring (bicyclic) bond motifs is 1. The second-order valence-corrected chi connectivity index (χ2v) is 6.92. The maximum atomic E-state index is 12.3. The first-order valence-corrected chi connectivity index (χ1v) is 8.04. The van der Waals surface area contributed by atoms with Crippen molar-refractivity contribution in [2.24, 2.45) is 0 Å². The Labute approximate surface area is 118 Å². The van der Waals surface area contributed by atoms with E-state index >= 15 is 0 Å². The van der Waals surface area contributed by atoms with Gasteiger partial charge in [0.05, 0.1) is 4.90 Å². The van der Waals surface area contributed by atoms with Crippen LogP contribution in [0.3, 0.4) is 0 Å². The second kappa shape index (κ2) is 5.90. The summed E-state index contributed by atoms with van der Waals surface area (Å²) in [7, 11) is -3.49. The van der Waals surface area contributed by atoms with Gasteiger partial charge in [0.2, 0.25) is 10.0 Å². The summed E-state index contributed by atoms with van der Waals surface area (Å²) in [5, 5.41) is 1.60. The van der Waals surface area contributed by atoms with Crippen LogP contribution in [0.4, 0.5) is 0 Å². The first-order valence-electron chi connectivity index (χ1n) is 6.12. The lowest BCUT2D eigenvalue weighted by Gasteiger charge is -2.10. The van der Waals surface area contributed by atoms with E-state index in [0.717, 1.165) is 10.8 Å². The van der Waals surface area contributed by atoms with Crippen molar-refractivity contribution < 1.29 is 8.42 Å². The molecule has 2 aromatic rings. The maximum absolute atomic E-state index is 12.3. The fraction of sp³-hybridized carbons (Fsp3) is 0.286. The van der Waals surface area contributed by atoms with Crippen molar-refractivity contribution in [3.8, 4) is 0 Å². The highest BCUT2D eigenvalue weighted by atomic mass is 35.5. The Morgan fingerprint density at radius 3 is 2.58 bits per heavy atom. The van der Waals surface area contributed by atoms with Crippen LogP contribution in [0.1, 0.15) is 13.3 Å². The van der Waals surface area contributed by atoms with Gasteiger partial charge in [-0.05, 0) is 24.8 Å². The third-order valence-corrected chi connectivity index (χ3v) is 4.61. The highest BCUT2D eigenvalue weighted by molar-refractivity contribution is 7.89. The maximum Gasteiger partial charge on any atom is 0.241 e. The standard InChI is InChI=1S/C14H16ClNO2S/c1-11(15)9-10-16-19(17,18)14-8-4-6-12-5-2-3-7-13(12)14/h2-8,11,16H,9-10H2,1H3. The summed E-state index contributed by atoms with van der Waals surface area (Å²) in [5.74, 6) is 0. The molecule has 0 fully saturated rings. The zero-order valence-corrected chi connectivity index (χ0v) is 12.2. The number of rotatable bonds is 5. The van der Waals surface area contributed by atoms with Gasteiger partial charge in [-0.2, -0.15) is 0 Å². The van der Waals surface area contributed by atoms with Crippen LogP contribution in [0.15, 0.2) is 47.4 Å². The van der Waals surface area contributed by atoms with Crippen molar-refractivity contribution >= 4 is 32.4 Å². The second-order valence-electron chi connectivity index (χ2n) is 4.44. The van der Waals surface area contributed by atoms with Gasteiger partial charge in [-0.15, -0.1) is 11.6 Å². The number of sulfonamides is 1. The van der Waals surface area contributed by atoms with E-state index in [1.54, 1.807) is 12.1 Å². The predicted octanol–water partition coefficient (Wildman–Crippen LogP) is 3.14. The fourth-order valence-electron chi connectivity index (χ4n) is 1.90. The van der Waals surface area contributed by atoms with Crippen molar-refractivity contribution in [1.82, 2.24) is 4.72 Å². The summed E-state index contributed by atoms with van der Waals surface area (Å²) in [6.45, 7) is 2.18. The number of nitrogens with one attached hydrogen (secondary N) is 1. The van der Waals surface area contributed by atoms with Crippen LogP contribution in [0.5, 0.6) is 0 Å². The molecule has 0 aliphatic carbocycles. The number of halogens is 1. The largest absolute Gasteiger partial charge is 0.241 e. The molecule has 1 N–H and O–H groups in total. The summed E-state index contributed by atoms with van der Waals surface area (Å²) in [6.07, 6.45) is 0.603. The topological polar surface area (TPSA) is 46.2 Å². The summed E-state index contributed by atoms with van der Waals surface area (Å²) >= 11 is 5.81. The van der Waals surface area contributed by atoms with Crippen molar-refractivity contribution in [3.63, 3.8) is 0 Å². The monoisotopic (exact) mass is 297 g/mol. The number of benzene rings is 2. The molecule has 0 saturated heterocycles. The molecule has 2 aromatic carbocycles. The molecule has 0 amide bonds. The van der Waals surface area contributed by atoms with Crippen LogP contribution in [-0.2, 0) is 10.0 Å². The third kappa shape index (κ3) is 3.47. The SMILES string of the molecule is CC(Cl)CCNS(=O)(=O)c1cccc2ccccc12. The summed E-state index contributed by atoms with van der Waals surface area (Å²) in [5.41, 5.74) is 0. The predicted molar refractivity (Wildman–Crippen MR) is 79.1 cm³/mol. The van der Waals surface area contributed by atoms with Gasteiger partial charge in [-0.25, -0.2) is 13.1 Å². The molecule has 19 heavy (non-hydrogen) atoms. The molecular weight excluding hydrogens is 282 g/mol. The molecule has 0 spiro atoms. The zero-order chi connectivity index (χ0) is 13.9. The van der Waals surface area contributed by atoms with E-state index in [0.29, 0.717) is 17.9 Å². The first-order chi connectivity index (χ1) is 9.00. The minimum Gasteiger partial charge on any atom is -0.211 e. The van der Waals surface area contributed by atoms with Gasteiger partial charge in [0.1, 0.15) is 0 Å². The Morgan fingerprint density at radius 2 is 1.84 bits per heavy atom. The van der Waals surface area contributed by atoms with Gasteiger partial charge in [0.15, 0.2) is 0 Å². The van der Waals surface area contributed by atoms with Gasteiger partial charge in [0, 0.05) is 17.3 Å².